The lowest BCUT2D eigenvalue weighted by Crippen LogP contribution is -2.44. The molecule has 0 aliphatic heterocycles. The Hall–Kier alpha value is -7.05. The number of benzene rings is 6. The largest absolute Gasteiger partial charge is 0.393 e. The molecule has 290 valence electrons. The van der Waals surface area contributed by atoms with Crippen LogP contribution in [-0.2, 0) is 0 Å². The van der Waals surface area contributed by atoms with Gasteiger partial charge in [-0.25, -0.2) is 68.0 Å². The summed E-state index contributed by atoms with van der Waals surface area (Å²) in [6, 6.07) is 20.5. The van der Waals surface area contributed by atoms with Crippen molar-refractivity contribution in [2.24, 2.45) is 0 Å². The van der Waals surface area contributed by atoms with Gasteiger partial charge in [-0.05, 0) is 0 Å². The molecule has 0 spiro atoms. The number of hydrogen-bond donors (Lipinski definition) is 0. The molecule has 0 aliphatic carbocycles. The molecule has 0 saturated carbocycles. The molecule has 19 heteroatoms. The van der Waals surface area contributed by atoms with E-state index >= 15 is 52.7 Å². The van der Waals surface area contributed by atoms with Crippen molar-refractivity contribution < 1.29 is 52.7 Å². The van der Waals surface area contributed by atoms with E-state index in [-0.39, 0.29) is 16.7 Å². The zero-order valence-corrected chi connectivity index (χ0v) is 28.6. The lowest BCUT2D eigenvalue weighted by molar-refractivity contribution is 0.416. The summed E-state index contributed by atoms with van der Waals surface area (Å²) in [7, 11) is -4.08. The van der Waals surface area contributed by atoms with Gasteiger partial charge in [-0.1, -0.05) is 91.0 Å². The third-order valence-electron chi connectivity index (χ3n) is 9.82. The Kier molecular flexibility index (Phi) is 8.38. The number of nitrogens with zero attached hydrogens (tertiary/aromatic N) is 6. The zero-order chi connectivity index (χ0) is 40.9. The highest BCUT2D eigenvalue weighted by Gasteiger charge is 2.36. The predicted molar refractivity (Wildman–Crippen MR) is 188 cm³/mol. The lowest BCUT2D eigenvalue weighted by Gasteiger charge is -2.30. The minimum absolute atomic E-state index is 0.0880. The summed E-state index contributed by atoms with van der Waals surface area (Å²) in [6.45, 7) is 0. The van der Waals surface area contributed by atoms with E-state index in [9.17, 15) is 0 Å². The third kappa shape index (κ3) is 5.07. The zero-order valence-electron chi connectivity index (χ0n) is 28.6. The fourth-order valence-electron chi connectivity index (χ4n) is 7.29. The van der Waals surface area contributed by atoms with Crippen molar-refractivity contribution in [2.45, 2.75) is 0 Å². The quantitative estimate of drug-likeness (QED) is 0.0728. The number of aromatic nitrogens is 6. The van der Waals surface area contributed by atoms with E-state index in [1.807, 2.05) is 0 Å². The molecule has 0 aliphatic rings. The highest BCUT2D eigenvalue weighted by molar-refractivity contribution is 6.56. The molecule has 0 amide bonds. The molecule has 3 heterocycles. The monoisotopic (exact) mass is 807 g/mol. The van der Waals surface area contributed by atoms with Crippen LogP contribution >= 0.6 is 0 Å². The van der Waals surface area contributed by atoms with E-state index in [0.717, 1.165) is 0 Å². The van der Waals surface area contributed by atoms with Gasteiger partial charge in [-0.3, -0.25) is 0 Å². The molecule has 3 aromatic heterocycles. The standard InChI is InChI=1S/C39H16BF12N6/c41-22-19-34(16-10-4-1-5-11-16)53-56(37(19)31(50)28(47)25(22)44)40(57-38-20(23(42)26(45)29(48)32(38)51)35(54-57)17-12-6-2-7-13-17)58-39-21(24(43)27(46)30(49)33(39)52)36(55-58)18-14-8-3-9-15-18/h1-15,40H/q-1. The van der Waals surface area contributed by atoms with Gasteiger partial charge in [-0.15, -0.1) is 0 Å². The van der Waals surface area contributed by atoms with Crippen molar-refractivity contribution in [3.8, 4) is 33.8 Å². The van der Waals surface area contributed by atoms with Crippen LogP contribution in [0.5, 0.6) is 0 Å². The van der Waals surface area contributed by atoms with Crippen LogP contribution in [0.4, 0.5) is 52.7 Å². The van der Waals surface area contributed by atoms with Gasteiger partial charge < -0.3 is 13.8 Å². The second kappa shape index (κ2) is 13.3. The van der Waals surface area contributed by atoms with Crippen molar-refractivity contribution in [3.05, 3.63) is 161 Å². The van der Waals surface area contributed by atoms with E-state index in [1.165, 1.54) is 91.0 Å². The van der Waals surface area contributed by atoms with Gasteiger partial charge in [0.25, 0.3) is 0 Å². The molecule has 0 atom stereocenters. The van der Waals surface area contributed by atoms with E-state index in [0.29, 0.717) is 13.8 Å². The SMILES string of the molecule is Fc1c(F)c(F)c2c(c(-c3ccccc3)nn2[BH-](n2nc(-c3ccccc3)c3c(F)c(F)c(F)c(F)c32)n2nc(-c3ccccc3)c3c(F)c(F)c(F)c(F)c32)c1F. The summed E-state index contributed by atoms with van der Waals surface area (Å²) < 4.78 is 189. The maximum Gasteiger partial charge on any atom is 0.328 e. The van der Waals surface area contributed by atoms with Crippen LogP contribution in [-0.4, -0.2) is 36.2 Å². The molecule has 6 aromatic carbocycles. The summed E-state index contributed by atoms with van der Waals surface area (Å²) in [5.74, 6) is -26.7. The molecule has 6 nitrogen and oxygen atoms in total. The van der Waals surface area contributed by atoms with Gasteiger partial charge in [-0.2, -0.15) is 0 Å². The van der Waals surface area contributed by atoms with Crippen molar-refractivity contribution in [3.63, 3.8) is 0 Å². The molecule has 0 N–H and O–H groups in total. The van der Waals surface area contributed by atoms with Gasteiger partial charge in [0.15, 0.2) is 69.8 Å². The molecule has 9 rings (SSSR count). The molecule has 0 bridgehead atoms. The number of fused-ring (bicyclic) bond motifs is 3. The van der Waals surface area contributed by atoms with Gasteiger partial charge >= 0.3 is 7.12 Å². The van der Waals surface area contributed by atoms with Gasteiger partial charge in [0, 0.05) is 16.7 Å². The second-order valence-corrected chi connectivity index (χ2v) is 13.0. The highest BCUT2D eigenvalue weighted by Crippen LogP contribution is 2.40. The summed E-state index contributed by atoms with van der Waals surface area (Å²) >= 11 is 0. The van der Waals surface area contributed by atoms with Crippen LogP contribution in [0, 0.1) is 69.8 Å². The van der Waals surface area contributed by atoms with Crippen LogP contribution in [0.3, 0.4) is 0 Å². The molecule has 0 unspecified atom stereocenters. The van der Waals surface area contributed by atoms with Crippen molar-refractivity contribution in [1.82, 2.24) is 29.1 Å². The number of hydrogen-bond acceptors (Lipinski definition) is 3. The Morgan fingerprint density at radius 1 is 0.293 bits per heavy atom. The summed E-state index contributed by atoms with van der Waals surface area (Å²) in [5.41, 5.74) is -6.08. The average molecular weight is 807 g/mol. The fraction of sp³-hybridized carbons (Fsp3) is 0. The lowest BCUT2D eigenvalue weighted by atomic mass is 9.92. The van der Waals surface area contributed by atoms with E-state index in [1.54, 1.807) is 0 Å². The number of halogens is 12. The smallest absolute Gasteiger partial charge is 0.328 e. The maximum atomic E-state index is 16.3. The molecular formula is C39H16BF12N6-. The van der Waals surface area contributed by atoms with Crippen LogP contribution < -0.4 is 0 Å². The first-order valence-electron chi connectivity index (χ1n) is 16.9. The summed E-state index contributed by atoms with van der Waals surface area (Å²) in [5, 5.41) is 9.46. The van der Waals surface area contributed by atoms with Gasteiger partial charge in [0.05, 0.1) is 49.8 Å². The van der Waals surface area contributed by atoms with E-state index < -0.39 is 127 Å². The Balaban J connectivity index is 1.55. The minimum atomic E-state index is -4.08. The predicted octanol–water partition coefficient (Wildman–Crippen LogP) is 10.1. The Bertz CT molecular complexity index is 2820. The molecular weight excluding hydrogens is 791 g/mol. The maximum absolute atomic E-state index is 16.3. The normalized spacial score (nSPS) is 11.9. The van der Waals surface area contributed by atoms with Crippen molar-refractivity contribution >= 4 is 39.8 Å². The Labute approximate surface area is 315 Å². The Morgan fingerprint density at radius 3 is 0.759 bits per heavy atom. The van der Waals surface area contributed by atoms with E-state index in [4.69, 9.17) is 0 Å². The first-order chi connectivity index (χ1) is 27.8. The second-order valence-electron chi connectivity index (χ2n) is 13.0. The highest BCUT2D eigenvalue weighted by atomic mass is 19.2. The first-order valence-corrected chi connectivity index (χ1v) is 16.9. The average Bonchev–Trinajstić information content (AvgIpc) is 3.96. The molecule has 0 saturated heterocycles. The molecule has 0 radical (unpaired) electrons. The van der Waals surface area contributed by atoms with Gasteiger partial charge in [0.1, 0.15) is 0 Å². The van der Waals surface area contributed by atoms with Crippen LogP contribution in [0.2, 0.25) is 0 Å². The topological polar surface area (TPSA) is 53.5 Å². The van der Waals surface area contributed by atoms with Crippen LogP contribution in [0.15, 0.2) is 91.0 Å². The number of rotatable bonds is 6. The van der Waals surface area contributed by atoms with Crippen molar-refractivity contribution in [1.29, 1.82) is 0 Å². The minimum Gasteiger partial charge on any atom is -0.393 e. The molecule has 9 aromatic rings. The van der Waals surface area contributed by atoms with E-state index in [2.05, 4.69) is 15.3 Å². The van der Waals surface area contributed by atoms with Crippen LogP contribution in [0.1, 0.15) is 0 Å². The fourth-order valence-corrected chi connectivity index (χ4v) is 7.29. The van der Waals surface area contributed by atoms with Gasteiger partial charge in [0.2, 0.25) is 0 Å². The summed E-state index contributed by atoms with van der Waals surface area (Å²) in [4.78, 5) is 0. The molecule has 58 heavy (non-hydrogen) atoms. The third-order valence-corrected chi connectivity index (χ3v) is 9.82. The van der Waals surface area contributed by atoms with Crippen molar-refractivity contribution in [2.75, 3.05) is 0 Å². The Morgan fingerprint density at radius 2 is 0.517 bits per heavy atom. The first kappa shape index (κ1) is 36.6. The van der Waals surface area contributed by atoms with Crippen LogP contribution in [0.25, 0.3) is 66.5 Å². The summed E-state index contributed by atoms with van der Waals surface area (Å²) in [6.07, 6.45) is 0. The molecule has 0 fully saturated rings.